The maximum Gasteiger partial charge on any atom is 0.349 e. The van der Waals surface area contributed by atoms with Crippen molar-refractivity contribution >= 4 is 22.8 Å². The lowest BCUT2D eigenvalue weighted by atomic mass is 10.1. The molecule has 0 bridgehead atoms. The van der Waals surface area contributed by atoms with Gasteiger partial charge in [-0.25, -0.2) is 4.79 Å². The van der Waals surface area contributed by atoms with Crippen LogP contribution in [0.5, 0.6) is 0 Å². The monoisotopic (exact) mass is 373 g/mol. The van der Waals surface area contributed by atoms with E-state index in [1.807, 2.05) is 6.07 Å². The lowest BCUT2D eigenvalue weighted by Crippen LogP contribution is -2.36. The Hall–Kier alpha value is -2.63. The van der Waals surface area contributed by atoms with Crippen LogP contribution in [0.25, 0.3) is 11.0 Å². The highest BCUT2D eigenvalue weighted by Gasteiger charge is 2.21. The molecule has 0 fully saturated rings. The first-order chi connectivity index (χ1) is 13.1. The Morgan fingerprint density at radius 2 is 1.85 bits per heavy atom. The third-order valence-electron chi connectivity index (χ3n) is 4.33. The Morgan fingerprint density at radius 3 is 2.59 bits per heavy atom. The van der Waals surface area contributed by atoms with Crippen LogP contribution in [0.15, 0.2) is 39.5 Å². The molecule has 6 nitrogen and oxygen atoms in total. The van der Waals surface area contributed by atoms with E-state index in [0.717, 1.165) is 25.7 Å². The van der Waals surface area contributed by atoms with Crippen molar-refractivity contribution in [2.75, 3.05) is 19.7 Å². The molecule has 1 aromatic carbocycles. The number of amides is 1. The molecule has 2 rings (SSSR count). The van der Waals surface area contributed by atoms with Crippen LogP contribution in [0.4, 0.5) is 0 Å². The third kappa shape index (κ3) is 5.94. The van der Waals surface area contributed by atoms with E-state index in [-0.39, 0.29) is 24.5 Å². The van der Waals surface area contributed by atoms with Gasteiger partial charge in [0.05, 0.1) is 13.0 Å². The van der Waals surface area contributed by atoms with Crippen molar-refractivity contribution in [3.63, 3.8) is 0 Å². The van der Waals surface area contributed by atoms with E-state index in [2.05, 4.69) is 6.92 Å². The fourth-order valence-corrected chi connectivity index (χ4v) is 2.89. The Balaban J connectivity index is 2.19. The number of carbonyl (C=O) groups excluding carboxylic acids is 2. The van der Waals surface area contributed by atoms with Gasteiger partial charge in [-0.1, -0.05) is 44.4 Å². The molecule has 0 radical (unpaired) electrons. The van der Waals surface area contributed by atoms with Gasteiger partial charge in [0.2, 0.25) is 0 Å². The number of hydrogen-bond acceptors (Lipinski definition) is 5. The molecule has 1 heterocycles. The van der Waals surface area contributed by atoms with Crippen molar-refractivity contribution in [1.82, 2.24) is 4.90 Å². The summed E-state index contributed by atoms with van der Waals surface area (Å²) in [6.45, 7) is 4.87. The van der Waals surface area contributed by atoms with E-state index in [4.69, 9.17) is 9.15 Å². The fraction of sp³-hybridized carbons (Fsp3) is 0.476. The van der Waals surface area contributed by atoms with E-state index in [9.17, 15) is 14.4 Å². The quantitative estimate of drug-likeness (QED) is 0.360. The zero-order chi connectivity index (χ0) is 19.6. The molecule has 146 valence electrons. The second-order valence-corrected chi connectivity index (χ2v) is 6.39. The number of ether oxygens (including phenoxy) is 1. The number of unbranched alkanes of at least 4 members (excludes halogenated alkanes) is 3. The predicted octanol–water partition coefficient (Wildman–Crippen LogP) is 3.77. The van der Waals surface area contributed by atoms with Crippen LogP contribution >= 0.6 is 0 Å². The second-order valence-electron chi connectivity index (χ2n) is 6.39. The van der Waals surface area contributed by atoms with E-state index in [0.29, 0.717) is 24.1 Å². The summed E-state index contributed by atoms with van der Waals surface area (Å²) in [5.41, 5.74) is -0.221. The molecule has 0 N–H and O–H groups in total. The largest absolute Gasteiger partial charge is 0.466 e. The molecular formula is C21H27NO5. The summed E-state index contributed by atoms with van der Waals surface area (Å²) >= 11 is 0. The Kier molecular flexibility index (Phi) is 8.04. The summed E-state index contributed by atoms with van der Waals surface area (Å²) in [6, 6.07) is 8.63. The molecule has 0 spiro atoms. The number of esters is 1. The molecule has 1 amide bonds. The summed E-state index contributed by atoms with van der Waals surface area (Å²) < 4.78 is 10.2. The summed E-state index contributed by atoms with van der Waals surface area (Å²) in [5, 5.41) is 0.691. The van der Waals surface area contributed by atoms with Crippen LogP contribution in [0.3, 0.4) is 0 Å². The molecule has 0 unspecified atom stereocenters. The number of nitrogens with zero attached hydrogens (tertiary/aromatic N) is 1. The number of benzene rings is 1. The van der Waals surface area contributed by atoms with E-state index < -0.39 is 11.5 Å². The van der Waals surface area contributed by atoms with Crippen molar-refractivity contribution in [2.45, 2.75) is 46.0 Å². The van der Waals surface area contributed by atoms with E-state index in [1.54, 1.807) is 36.1 Å². The smallest absolute Gasteiger partial charge is 0.349 e. The summed E-state index contributed by atoms with van der Waals surface area (Å²) in [6.07, 6.45) is 4.09. The second kappa shape index (κ2) is 10.5. The van der Waals surface area contributed by atoms with Gasteiger partial charge in [-0.05, 0) is 25.5 Å². The lowest BCUT2D eigenvalue weighted by Gasteiger charge is -2.22. The lowest BCUT2D eigenvalue weighted by molar-refractivity contribution is -0.143. The van der Waals surface area contributed by atoms with Gasteiger partial charge < -0.3 is 14.1 Å². The van der Waals surface area contributed by atoms with Gasteiger partial charge in [0.25, 0.3) is 5.91 Å². The Bertz CT molecular complexity index is 827. The maximum atomic E-state index is 13.0. The highest BCUT2D eigenvalue weighted by molar-refractivity contribution is 5.96. The summed E-state index contributed by atoms with van der Waals surface area (Å²) in [7, 11) is 0. The first-order valence-electron chi connectivity index (χ1n) is 9.54. The van der Waals surface area contributed by atoms with Crippen LogP contribution in [0.1, 0.15) is 56.3 Å². The van der Waals surface area contributed by atoms with Gasteiger partial charge in [0.1, 0.15) is 11.1 Å². The van der Waals surface area contributed by atoms with Crippen molar-refractivity contribution in [1.29, 1.82) is 0 Å². The zero-order valence-corrected chi connectivity index (χ0v) is 16.0. The van der Waals surface area contributed by atoms with Gasteiger partial charge in [0, 0.05) is 18.5 Å². The number of para-hydroxylation sites is 1. The standard InChI is InChI=1S/C21H27NO5/c1-3-5-6-9-13-22(14-12-19(23)26-4-2)20(24)17-15-16-10-7-8-11-18(16)27-21(17)25/h7-8,10-11,15H,3-6,9,12-14H2,1-2H3. The van der Waals surface area contributed by atoms with Crippen LogP contribution in [0.2, 0.25) is 0 Å². The van der Waals surface area contributed by atoms with Crippen LogP contribution in [0, 0.1) is 0 Å². The molecule has 2 aromatic rings. The average molecular weight is 373 g/mol. The van der Waals surface area contributed by atoms with Crippen molar-refractivity contribution in [2.24, 2.45) is 0 Å². The molecule has 0 aliphatic heterocycles. The SMILES string of the molecule is CCCCCCN(CCC(=O)OCC)C(=O)c1cc2ccccc2oc1=O. The molecule has 0 saturated carbocycles. The minimum absolute atomic E-state index is 0.00643. The highest BCUT2D eigenvalue weighted by Crippen LogP contribution is 2.14. The van der Waals surface area contributed by atoms with Crippen molar-refractivity contribution < 1.29 is 18.7 Å². The molecule has 27 heavy (non-hydrogen) atoms. The third-order valence-corrected chi connectivity index (χ3v) is 4.33. The number of fused-ring (bicyclic) bond motifs is 1. The Labute approximate surface area is 159 Å². The molecule has 0 aliphatic carbocycles. The highest BCUT2D eigenvalue weighted by atomic mass is 16.5. The normalized spacial score (nSPS) is 10.7. The van der Waals surface area contributed by atoms with E-state index in [1.165, 1.54) is 0 Å². The minimum Gasteiger partial charge on any atom is -0.466 e. The minimum atomic E-state index is -0.659. The first-order valence-corrected chi connectivity index (χ1v) is 9.54. The topological polar surface area (TPSA) is 76.8 Å². The van der Waals surface area contributed by atoms with Crippen molar-refractivity contribution in [3.8, 4) is 0 Å². The van der Waals surface area contributed by atoms with Gasteiger partial charge in [-0.3, -0.25) is 9.59 Å². The van der Waals surface area contributed by atoms with Gasteiger partial charge in [-0.2, -0.15) is 0 Å². The fourth-order valence-electron chi connectivity index (χ4n) is 2.89. The van der Waals surface area contributed by atoms with Crippen molar-refractivity contribution in [3.05, 3.63) is 46.3 Å². The number of carbonyl (C=O) groups is 2. The van der Waals surface area contributed by atoms with E-state index >= 15 is 0 Å². The molecule has 0 aliphatic rings. The zero-order valence-electron chi connectivity index (χ0n) is 16.0. The average Bonchev–Trinajstić information content (AvgIpc) is 2.66. The summed E-state index contributed by atoms with van der Waals surface area (Å²) in [4.78, 5) is 38.5. The van der Waals surface area contributed by atoms with Gasteiger partial charge >= 0.3 is 11.6 Å². The molecular weight excluding hydrogens is 346 g/mol. The van der Waals surface area contributed by atoms with Crippen LogP contribution in [-0.2, 0) is 9.53 Å². The molecule has 6 heteroatoms. The molecule has 0 saturated heterocycles. The Morgan fingerprint density at radius 1 is 1.07 bits per heavy atom. The maximum absolute atomic E-state index is 13.0. The van der Waals surface area contributed by atoms with Gasteiger partial charge in [-0.15, -0.1) is 0 Å². The number of hydrogen-bond donors (Lipinski definition) is 0. The summed E-state index contributed by atoms with van der Waals surface area (Å²) in [5.74, 6) is -0.760. The van der Waals surface area contributed by atoms with Gasteiger partial charge in [0.15, 0.2) is 0 Å². The van der Waals surface area contributed by atoms with Crippen LogP contribution < -0.4 is 5.63 Å². The number of rotatable bonds is 10. The first kappa shape index (κ1) is 20.7. The predicted molar refractivity (Wildman–Crippen MR) is 104 cm³/mol. The van der Waals surface area contributed by atoms with Crippen LogP contribution in [-0.4, -0.2) is 36.5 Å². The molecule has 0 atom stereocenters. The molecule has 1 aromatic heterocycles.